The molecule has 2 aromatic rings. The maximum Gasteiger partial charge on any atom is 0.573 e. The van der Waals surface area contributed by atoms with Crippen molar-refractivity contribution in [3.05, 3.63) is 46.1 Å². The lowest BCUT2D eigenvalue weighted by Crippen LogP contribution is -2.29. The van der Waals surface area contributed by atoms with Crippen molar-refractivity contribution in [1.82, 2.24) is 9.97 Å². The normalized spacial score (nSPS) is 19.0. The molecule has 0 saturated heterocycles. The predicted octanol–water partition coefficient (Wildman–Crippen LogP) is 3.82. The Balaban J connectivity index is 1.64. The number of nitro groups is 1. The number of rotatable bonds is 8. The van der Waals surface area contributed by atoms with Gasteiger partial charge in [-0.3, -0.25) is 10.1 Å². The molecule has 1 aliphatic rings. The van der Waals surface area contributed by atoms with Crippen molar-refractivity contribution >= 4 is 17.5 Å². The highest BCUT2D eigenvalue weighted by Gasteiger charge is 2.31. The number of alkyl halides is 3. The lowest BCUT2D eigenvalue weighted by molar-refractivity contribution is -0.384. The molecule has 0 aliphatic heterocycles. The first kappa shape index (κ1) is 22.5. The Hall–Kier alpha value is -3.15. The van der Waals surface area contributed by atoms with E-state index < -0.39 is 11.3 Å². The summed E-state index contributed by atoms with van der Waals surface area (Å²) in [6, 6.07) is 5.67. The van der Waals surface area contributed by atoms with Crippen LogP contribution < -0.4 is 21.1 Å². The van der Waals surface area contributed by atoms with Crippen LogP contribution in [0.2, 0.25) is 0 Å². The van der Waals surface area contributed by atoms with Gasteiger partial charge in [-0.2, -0.15) is 4.98 Å². The van der Waals surface area contributed by atoms with E-state index in [9.17, 15) is 23.3 Å². The van der Waals surface area contributed by atoms with Crippen LogP contribution in [-0.4, -0.2) is 33.8 Å². The summed E-state index contributed by atoms with van der Waals surface area (Å²) in [5.41, 5.74) is 6.15. The molecule has 1 aromatic heterocycles. The van der Waals surface area contributed by atoms with Gasteiger partial charge in [-0.1, -0.05) is 12.1 Å². The van der Waals surface area contributed by atoms with E-state index in [1.807, 2.05) is 0 Å². The molecule has 1 fully saturated rings. The Morgan fingerprint density at radius 3 is 2.65 bits per heavy atom. The molecule has 9 nitrogen and oxygen atoms in total. The molecule has 0 radical (unpaired) electrons. The molecule has 0 atom stereocenters. The van der Waals surface area contributed by atoms with Crippen molar-refractivity contribution in [3.63, 3.8) is 0 Å². The van der Waals surface area contributed by atoms with E-state index in [1.54, 1.807) is 6.07 Å². The molecule has 0 unspecified atom stereocenters. The van der Waals surface area contributed by atoms with Crippen LogP contribution >= 0.6 is 0 Å². The molecule has 0 amide bonds. The summed E-state index contributed by atoms with van der Waals surface area (Å²) in [5.74, 6) is 0.209. The van der Waals surface area contributed by atoms with Crippen LogP contribution in [0.1, 0.15) is 31.2 Å². The molecule has 1 aromatic carbocycles. The smallest absolute Gasteiger partial charge is 0.406 e. The van der Waals surface area contributed by atoms with Crippen LogP contribution in [0.5, 0.6) is 5.75 Å². The maximum absolute atomic E-state index is 12.4. The van der Waals surface area contributed by atoms with Gasteiger partial charge >= 0.3 is 12.0 Å². The number of nitrogens with zero attached hydrogens (tertiary/aromatic N) is 3. The third-order valence-corrected chi connectivity index (χ3v) is 5.00. The maximum atomic E-state index is 12.4. The van der Waals surface area contributed by atoms with Crippen LogP contribution in [0.4, 0.5) is 30.6 Å². The minimum absolute atomic E-state index is 0.0894. The number of ether oxygens (including phenoxy) is 1. The van der Waals surface area contributed by atoms with Crippen LogP contribution in [-0.2, 0) is 6.54 Å². The molecular weight excluding hydrogens is 417 g/mol. The van der Waals surface area contributed by atoms with E-state index in [4.69, 9.17) is 5.73 Å². The summed E-state index contributed by atoms with van der Waals surface area (Å²) < 4.78 is 41.0. The molecule has 3 rings (SSSR count). The highest BCUT2D eigenvalue weighted by molar-refractivity contribution is 5.57. The van der Waals surface area contributed by atoms with Gasteiger partial charge in [0, 0.05) is 19.1 Å². The molecule has 168 valence electrons. The summed E-state index contributed by atoms with van der Waals surface area (Å²) in [5, 5.41) is 17.2. The topological polar surface area (TPSA) is 128 Å². The van der Waals surface area contributed by atoms with Gasteiger partial charge in [0.15, 0.2) is 0 Å². The molecule has 4 N–H and O–H groups in total. The number of hydrogen-bond donors (Lipinski definition) is 3. The first-order valence-corrected chi connectivity index (χ1v) is 9.79. The molecule has 31 heavy (non-hydrogen) atoms. The van der Waals surface area contributed by atoms with Crippen LogP contribution in [0.25, 0.3) is 0 Å². The third-order valence-electron chi connectivity index (χ3n) is 5.00. The highest BCUT2D eigenvalue weighted by atomic mass is 19.4. The van der Waals surface area contributed by atoms with Gasteiger partial charge in [0.05, 0.1) is 4.92 Å². The van der Waals surface area contributed by atoms with Gasteiger partial charge in [-0.25, -0.2) is 4.98 Å². The molecule has 1 saturated carbocycles. The van der Waals surface area contributed by atoms with Gasteiger partial charge in [0.25, 0.3) is 0 Å². The first-order valence-electron chi connectivity index (χ1n) is 9.79. The number of nitrogens with one attached hydrogen (secondary N) is 2. The van der Waals surface area contributed by atoms with Crippen LogP contribution in [0.15, 0.2) is 30.5 Å². The van der Waals surface area contributed by atoms with Crippen molar-refractivity contribution < 1.29 is 22.8 Å². The lowest BCUT2D eigenvalue weighted by Gasteiger charge is -2.26. The number of hydrogen-bond acceptors (Lipinski definition) is 8. The van der Waals surface area contributed by atoms with E-state index in [0.29, 0.717) is 18.0 Å². The van der Waals surface area contributed by atoms with Gasteiger partial charge in [-0.15, -0.1) is 13.2 Å². The molecule has 1 aliphatic carbocycles. The minimum Gasteiger partial charge on any atom is -0.406 e. The summed E-state index contributed by atoms with van der Waals surface area (Å²) in [6.45, 7) is 0.633. The number of halogens is 3. The first-order chi connectivity index (χ1) is 14.7. The fraction of sp³-hybridized carbons (Fsp3) is 0.474. The second-order valence-corrected chi connectivity index (χ2v) is 7.40. The quantitative estimate of drug-likeness (QED) is 0.417. The second kappa shape index (κ2) is 9.77. The van der Waals surface area contributed by atoms with Crippen molar-refractivity contribution in [1.29, 1.82) is 0 Å². The molecule has 1 heterocycles. The van der Waals surface area contributed by atoms with E-state index >= 15 is 0 Å². The predicted molar refractivity (Wildman–Crippen MR) is 108 cm³/mol. The van der Waals surface area contributed by atoms with Crippen LogP contribution in [0, 0.1) is 16.0 Å². The van der Waals surface area contributed by atoms with Crippen LogP contribution in [0.3, 0.4) is 0 Å². The Bertz CT molecular complexity index is 904. The summed E-state index contributed by atoms with van der Waals surface area (Å²) in [4.78, 5) is 18.8. The number of benzene rings is 1. The molecule has 0 bridgehead atoms. The Kier molecular flexibility index (Phi) is 7.10. The second-order valence-electron chi connectivity index (χ2n) is 7.40. The Morgan fingerprint density at radius 1 is 1.23 bits per heavy atom. The summed E-state index contributed by atoms with van der Waals surface area (Å²) in [7, 11) is 0. The average Bonchev–Trinajstić information content (AvgIpc) is 2.71. The summed E-state index contributed by atoms with van der Waals surface area (Å²) in [6.07, 6.45) is 0.0301. The van der Waals surface area contributed by atoms with E-state index in [1.165, 1.54) is 18.2 Å². The zero-order chi connectivity index (χ0) is 22.4. The Morgan fingerprint density at radius 2 is 1.97 bits per heavy atom. The largest absolute Gasteiger partial charge is 0.573 e. The van der Waals surface area contributed by atoms with Gasteiger partial charge in [-0.05, 0) is 49.3 Å². The Labute approximate surface area is 176 Å². The van der Waals surface area contributed by atoms with Crippen molar-refractivity contribution in [3.8, 4) is 5.75 Å². The number of aromatic nitrogens is 2. The molecule has 12 heteroatoms. The van der Waals surface area contributed by atoms with Crippen molar-refractivity contribution in [2.24, 2.45) is 11.7 Å². The SMILES string of the molecule is NC1CCC(CNc2nc(NCc3cccc(OC(F)(F)F)c3)ncc2[N+](=O)[O-])CC1. The van der Waals surface area contributed by atoms with Crippen molar-refractivity contribution in [2.45, 2.75) is 44.6 Å². The van der Waals surface area contributed by atoms with E-state index in [0.717, 1.165) is 31.9 Å². The molecular formula is C19H23F3N6O3. The number of anilines is 2. The van der Waals surface area contributed by atoms with Gasteiger partial charge in [0.1, 0.15) is 11.9 Å². The van der Waals surface area contributed by atoms with Gasteiger partial charge in [0.2, 0.25) is 11.8 Å². The van der Waals surface area contributed by atoms with Crippen molar-refractivity contribution in [2.75, 3.05) is 17.2 Å². The fourth-order valence-corrected chi connectivity index (χ4v) is 3.39. The zero-order valence-corrected chi connectivity index (χ0v) is 16.6. The van der Waals surface area contributed by atoms with E-state index in [-0.39, 0.29) is 35.8 Å². The standard InChI is InChI=1S/C19H23F3N6O3/c20-19(21,22)31-15-3-1-2-13(8-15)10-25-18-26-11-16(28(29)30)17(27-18)24-9-12-4-6-14(23)7-5-12/h1-3,8,11-12,14H,4-7,9-10,23H2,(H2,24,25,26,27). The highest BCUT2D eigenvalue weighted by Crippen LogP contribution is 2.27. The minimum atomic E-state index is -4.78. The zero-order valence-electron chi connectivity index (χ0n) is 16.6. The molecule has 0 spiro atoms. The average molecular weight is 440 g/mol. The van der Waals surface area contributed by atoms with Gasteiger partial charge < -0.3 is 21.1 Å². The summed E-state index contributed by atoms with van der Waals surface area (Å²) >= 11 is 0. The lowest BCUT2D eigenvalue weighted by atomic mass is 9.86. The number of nitrogens with two attached hydrogens (primary N) is 1. The monoisotopic (exact) mass is 440 g/mol. The van der Waals surface area contributed by atoms with E-state index in [2.05, 4.69) is 25.3 Å². The fourth-order valence-electron chi connectivity index (χ4n) is 3.39. The third kappa shape index (κ3) is 6.95.